The summed E-state index contributed by atoms with van der Waals surface area (Å²) in [5.41, 5.74) is 3.94. The van der Waals surface area contributed by atoms with Crippen LogP contribution in [0.1, 0.15) is 42.8 Å². The summed E-state index contributed by atoms with van der Waals surface area (Å²) in [5.74, 6) is 1.50. The zero-order valence-electron chi connectivity index (χ0n) is 17.4. The highest BCUT2D eigenvalue weighted by Gasteiger charge is 2.26. The van der Waals surface area contributed by atoms with Crippen molar-refractivity contribution in [2.45, 2.75) is 39.0 Å². The SMILES string of the molecule is CCc1onc(C)c1-c1cccc(C2CCN(C(=O)CN3CCOCC3)CC2)n1. The van der Waals surface area contributed by atoms with Gasteiger partial charge in [0.2, 0.25) is 5.91 Å². The van der Waals surface area contributed by atoms with Crippen LogP contribution < -0.4 is 0 Å². The van der Waals surface area contributed by atoms with Crippen LogP contribution in [0.5, 0.6) is 0 Å². The largest absolute Gasteiger partial charge is 0.379 e. The molecule has 2 aliphatic heterocycles. The van der Waals surface area contributed by atoms with Gasteiger partial charge in [0.15, 0.2) is 0 Å². The molecule has 7 heteroatoms. The minimum Gasteiger partial charge on any atom is -0.379 e. The highest BCUT2D eigenvalue weighted by molar-refractivity contribution is 5.78. The first-order chi connectivity index (χ1) is 14.2. The number of rotatable bonds is 5. The van der Waals surface area contributed by atoms with Gasteiger partial charge in [-0.25, -0.2) is 0 Å². The Hall–Kier alpha value is -2.25. The lowest BCUT2D eigenvalue weighted by atomic mass is 9.92. The van der Waals surface area contributed by atoms with Crippen molar-refractivity contribution < 1.29 is 14.1 Å². The molecule has 0 aromatic carbocycles. The van der Waals surface area contributed by atoms with Gasteiger partial charge in [-0.1, -0.05) is 18.1 Å². The third-order valence-corrected chi connectivity index (χ3v) is 6.01. The lowest BCUT2D eigenvalue weighted by molar-refractivity contribution is -0.134. The van der Waals surface area contributed by atoms with Crippen LogP contribution in [0.15, 0.2) is 22.7 Å². The molecule has 2 fully saturated rings. The van der Waals surface area contributed by atoms with Crippen molar-refractivity contribution in [2.75, 3.05) is 45.9 Å². The van der Waals surface area contributed by atoms with Crippen LogP contribution in [0, 0.1) is 6.92 Å². The predicted octanol–water partition coefficient (Wildman–Crippen LogP) is 2.65. The van der Waals surface area contributed by atoms with Gasteiger partial charge in [-0.3, -0.25) is 14.7 Å². The Bertz CT molecular complexity index is 836. The Kier molecular flexibility index (Phi) is 6.25. The van der Waals surface area contributed by atoms with E-state index in [0.717, 1.165) is 87.1 Å². The number of ether oxygens (including phenoxy) is 1. The second-order valence-corrected chi connectivity index (χ2v) is 7.91. The summed E-state index contributed by atoms with van der Waals surface area (Å²) >= 11 is 0. The molecule has 1 amide bonds. The summed E-state index contributed by atoms with van der Waals surface area (Å²) in [4.78, 5) is 21.8. The van der Waals surface area contributed by atoms with Gasteiger partial charge < -0.3 is 14.2 Å². The molecule has 156 valence electrons. The van der Waals surface area contributed by atoms with E-state index in [0.29, 0.717) is 12.5 Å². The lowest BCUT2D eigenvalue weighted by Crippen LogP contribution is -2.46. The highest BCUT2D eigenvalue weighted by Crippen LogP contribution is 2.31. The molecule has 0 atom stereocenters. The van der Waals surface area contributed by atoms with Crippen molar-refractivity contribution in [3.8, 4) is 11.3 Å². The first-order valence-corrected chi connectivity index (χ1v) is 10.7. The molecule has 2 aromatic rings. The Morgan fingerprint density at radius 1 is 1.17 bits per heavy atom. The van der Waals surface area contributed by atoms with E-state index in [2.05, 4.69) is 29.1 Å². The van der Waals surface area contributed by atoms with Crippen LogP contribution in [0.2, 0.25) is 0 Å². The monoisotopic (exact) mass is 398 g/mol. The number of likely N-dealkylation sites (tertiary alicyclic amines) is 1. The zero-order valence-corrected chi connectivity index (χ0v) is 17.4. The van der Waals surface area contributed by atoms with Gasteiger partial charge in [0.1, 0.15) is 5.76 Å². The molecule has 4 heterocycles. The Labute approximate surface area is 172 Å². The lowest BCUT2D eigenvalue weighted by Gasteiger charge is -2.34. The van der Waals surface area contributed by atoms with Crippen molar-refractivity contribution in [1.29, 1.82) is 0 Å². The van der Waals surface area contributed by atoms with Gasteiger partial charge >= 0.3 is 0 Å². The van der Waals surface area contributed by atoms with Crippen LogP contribution in [-0.4, -0.2) is 71.8 Å². The van der Waals surface area contributed by atoms with Crippen LogP contribution in [0.4, 0.5) is 0 Å². The molecule has 2 saturated heterocycles. The normalized spacial score (nSPS) is 18.9. The minimum absolute atomic E-state index is 0.236. The summed E-state index contributed by atoms with van der Waals surface area (Å²) in [6.45, 7) is 9.28. The summed E-state index contributed by atoms with van der Waals surface area (Å²) in [5, 5.41) is 4.11. The topological polar surface area (TPSA) is 71.7 Å². The van der Waals surface area contributed by atoms with E-state index in [1.54, 1.807) is 0 Å². The highest BCUT2D eigenvalue weighted by atomic mass is 16.5. The number of pyridine rings is 1. The van der Waals surface area contributed by atoms with Crippen molar-refractivity contribution >= 4 is 5.91 Å². The van der Waals surface area contributed by atoms with Crippen LogP contribution >= 0.6 is 0 Å². The standard InChI is InChI=1S/C22H30N4O3/c1-3-20-22(16(2)24-29-20)19-6-4-5-18(23-19)17-7-9-26(10-8-17)21(27)15-25-11-13-28-14-12-25/h4-6,17H,3,7-15H2,1-2H3. The van der Waals surface area contributed by atoms with E-state index in [1.165, 1.54) is 0 Å². The molecular formula is C22H30N4O3. The minimum atomic E-state index is 0.236. The molecule has 2 aromatic heterocycles. The predicted molar refractivity (Wildman–Crippen MR) is 110 cm³/mol. The average molecular weight is 399 g/mol. The molecule has 2 aliphatic rings. The zero-order chi connectivity index (χ0) is 20.2. The number of carbonyl (C=O) groups is 1. The number of morpholine rings is 1. The summed E-state index contributed by atoms with van der Waals surface area (Å²) in [6.07, 6.45) is 2.70. The van der Waals surface area contributed by atoms with Gasteiger partial charge in [-0.15, -0.1) is 0 Å². The molecule has 4 rings (SSSR count). The van der Waals surface area contributed by atoms with E-state index in [9.17, 15) is 4.79 Å². The van der Waals surface area contributed by atoms with Gasteiger partial charge in [0, 0.05) is 44.2 Å². The maximum atomic E-state index is 12.6. The number of carbonyl (C=O) groups excluding carboxylic acids is 1. The third kappa shape index (κ3) is 4.51. The van der Waals surface area contributed by atoms with E-state index >= 15 is 0 Å². The molecule has 0 bridgehead atoms. The summed E-state index contributed by atoms with van der Waals surface area (Å²) < 4.78 is 10.8. The molecule has 0 saturated carbocycles. The number of nitrogens with zero attached hydrogens (tertiary/aromatic N) is 4. The molecule has 29 heavy (non-hydrogen) atoms. The van der Waals surface area contributed by atoms with Gasteiger partial charge in [-0.05, 0) is 31.9 Å². The number of aryl methyl sites for hydroxylation is 2. The van der Waals surface area contributed by atoms with E-state index < -0.39 is 0 Å². The number of amides is 1. The molecule has 7 nitrogen and oxygen atoms in total. The van der Waals surface area contributed by atoms with Gasteiger partial charge in [0.25, 0.3) is 0 Å². The fourth-order valence-corrected chi connectivity index (χ4v) is 4.28. The second kappa shape index (κ2) is 9.05. The fourth-order valence-electron chi connectivity index (χ4n) is 4.28. The van der Waals surface area contributed by atoms with Crippen LogP contribution in [0.25, 0.3) is 11.3 Å². The third-order valence-electron chi connectivity index (χ3n) is 6.01. The van der Waals surface area contributed by atoms with Crippen LogP contribution in [-0.2, 0) is 16.0 Å². The molecule has 0 N–H and O–H groups in total. The van der Waals surface area contributed by atoms with Crippen molar-refractivity contribution in [3.05, 3.63) is 35.3 Å². The maximum Gasteiger partial charge on any atom is 0.236 e. The second-order valence-electron chi connectivity index (χ2n) is 7.91. The van der Waals surface area contributed by atoms with Crippen molar-refractivity contribution in [3.63, 3.8) is 0 Å². The summed E-state index contributed by atoms with van der Waals surface area (Å²) in [7, 11) is 0. The number of hydrogen-bond donors (Lipinski definition) is 0. The molecular weight excluding hydrogens is 368 g/mol. The Morgan fingerprint density at radius 3 is 2.66 bits per heavy atom. The summed E-state index contributed by atoms with van der Waals surface area (Å²) in [6, 6.07) is 6.20. The van der Waals surface area contributed by atoms with Gasteiger partial charge in [0.05, 0.1) is 36.7 Å². The smallest absolute Gasteiger partial charge is 0.236 e. The first-order valence-electron chi connectivity index (χ1n) is 10.7. The Morgan fingerprint density at radius 2 is 1.93 bits per heavy atom. The van der Waals surface area contributed by atoms with Crippen molar-refractivity contribution in [1.82, 2.24) is 19.9 Å². The van der Waals surface area contributed by atoms with E-state index in [1.807, 2.05) is 17.9 Å². The molecule has 0 unspecified atom stereocenters. The number of hydrogen-bond acceptors (Lipinski definition) is 6. The first kappa shape index (κ1) is 20.0. The molecule has 0 radical (unpaired) electrons. The fraction of sp³-hybridized carbons (Fsp3) is 0.591. The van der Waals surface area contributed by atoms with E-state index in [-0.39, 0.29) is 5.91 Å². The molecule has 0 aliphatic carbocycles. The maximum absolute atomic E-state index is 12.6. The van der Waals surface area contributed by atoms with Crippen molar-refractivity contribution in [2.24, 2.45) is 0 Å². The number of aromatic nitrogens is 2. The quantitative estimate of drug-likeness (QED) is 0.771. The van der Waals surface area contributed by atoms with Gasteiger partial charge in [-0.2, -0.15) is 0 Å². The molecule has 0 spiro atoms. The Balaban J connectivity index is 1.38. The average Bonchev–Trinajstić information content (AvgIpc) is 3.15. The van der Waals surface area contributed by atoms with Crippen LogP contribution in [0.3, 0.4) is 0 Å². The number of piperidine rings is 1. The van der Waals surface area contributed by atoms with E-state index in [4.69, 9.17) is 14.2 Å².